The number of aromatic amines is 1. The first kappa shape index (κ1) is 18.7. The number of nitrogens with zero attached hydrogens (tertiary/aromatic N) is 1. The number of aromatic nitrogens is 2. The summed E-state index contributed by atoms with van der Waals surface area (Å²) in [5.41, 5.74) is 2.43. The number of ether oxygens (including phenoxy) is 1. The molecule has 6 heteroatoms. The molecule has 1 heterocycles. The molecule has 25 heavy (non-hydrogen) atoms. The number of nitrogens with one attached hydrogen (secondary N) is 2. The predicted molar refractivity (Wildman–Crippen MR) is 96.8 cm³/mol. The van der Waals surface area contributed by atoms with Crippen LogP contribution in [0.25, 0.3) is 0 Å². The van der Waals surface area contributed by atoms with E-state index < -0.39 is 6.10 Å². The highest BCUT2D eigenvalue weighted by Crippen LogP contribution is 2.28. The first-order valence-electron chi connectivity index (χ1n) is 8.38. The molecular formula is C19H25N3O3. The van der Waals surface area contributed by atoms with Crippen LogP contribution in [0, 0.1) is 13.8 Å². The second kappa shape index (κ2) is 7.96. The van der Waals surface area contributed by atoms with Gasteiger partial charge in [-0.3, -0.25) is 9.59 Å². The van der Waals surface area contributed by atoms with Crippen molar-refractivity contribution in [3.63, 3.8) is 0 Å². The molecule has 0 saturated carbocycles. The monoisotopic (exact) mass is 343 g/mol. The van der Waals surface area contributed by atoms with Crippen LogP contribution in [0.2, 0.25) is 0 Å². The maximum atomic E-state index is 12.3. The lowest BCUT2D eigenvalue weighted by Gasteiger charge is -2.19. The third-order valence-electron chi connectivity index (χ3n) is 3.82. The summed E-state index contributed by atoms with van der Waals surface area (Å²) < 4.78 is 5.88. The fourth-order valence-electron chi connectivity index (χ4n) is 2.52. The van der Waals surface area contributed by atoms with Gasteiger partial charge in [0, 0.05) is 6.07 Å². The van der Waals surface area contributed by atoms with Crippen molar-refractivity contribution in [2.75, 3.05) is 0 Å². The minimum absolute atomic E-state index is 0.183. The molecule has 0 unspecified atom stereocenters. The molecule has 0 saturated heterocycles. The van der Waals surface area contributed by atoms with E-state index in [-0.39, 0.29) is 18.0 Å². The van der Waals surface area contributed by atoms with Crippen LogP contribution in [-0.2, 0) is 11.3 Å². The summed E-state index contributed by atoms with van der Waals surface area (Å²) in [4.78, 5) is 30.5. The maximum Gasteiger partial charge on any atom is 0.261 e. The normalized spacial score (nSPS) is 12.1. The largest absolute Gasteiger partial charge is 0.481 e. The molecule has 2 N–H and O–H groups in total. The van der Waals surface area contributed by atoms with Crippen LogP contribution in [0.3, 0.4) is 0 Å². The Bertz CT molecular complexity index is 812. The van der Waals surface area contributed by atoms with E-state index in [1.807, 2.05) is 25.1 Å². The van der Waals surface area contributed by atoms with Crippen LogP contribution < -0.4 is 15.6 Å². The van der Waals surface area contributed by atoms with Gasteiger partial charge in [-0.05, 0) is 43.9 Å². The average molecular weight is 343 g/mol. The van der Waals surface area contributed by atoms with Gasteiger partial charge in [0.05, 0.1) is 12.2 Å². The van der Waals surface area contributed by atoms with E-state index in [1.54, 1.807) is 13.8 Å². The molecule has 0 spiro atoms. The molecule has 6 nitrogen and oxygen atoms in total. The lowest BCUT2D eigenvalue weighted by Crippen LogP contribution is -2.36. The minimum Gasteiger partial charge on any atom is -0.481 e. The van der Waals surface area contributed by atoms with Crippen LogP contribution in [0.1, 0.15) is 49.3 Å². The van der Waals surface area contributed by atoms with Gasteiger partial charge in [0.2, 0.25) is 0 Å². The number of benzene rings is 1. The van der Waals surface area contributed by atoms with Gasteiger partial charge in [-0.25, -0.2) is 4.98 Å². The van der Waals surface area contributed by atoms with E-state index in [9.17, 15) is 9.59 Å². The molecule has 0 aliphatic rings. The summed E-state index contributed by atoms with van der Waals surface area (Å²) in [7, 11) is 0. The molecule has 0 aliphatic carbocycles. The summed E-state index contributed by atoms with van der Waals surface area (Å²) in [6.07, 6.45) is -0.651. The third-order valence-corrected chi connectivity index (χ3v) is 3.82. The molecule has 1 aromatic heterocycles. The second-order valence-corrected chi connectivity index (χ2v) is 6.50. The highest BCUT2D eigenvalue weighted by molar-refractivity contribution is 5.80. The molecule has 134 valence electrons. The van der Waals surface area contributed by atoms with E-state index in [2.05, 4.69) is 29.1 Å². The van der Waals surface area contributed by atoms with Crippen LogP contribution in [0.5, 0.6) is 5.75 Å². The Kier molecular flexibility index (Phi) is 5.96. The van der Waals surface area contributed by atoms with Crippen molar-refractivity contribution < 1.29 is 9.53 Å². The zero-order chi connectivity index (χ0) is 18.6. The number of aryl methyl sites for hydroxylation is 2. The number of rotatable bonds is 6. The molecule has 0 radical (unpaired) electrons. The molecule has 1 atom stereocenters. The van der Waals surface area contributed by atoms with E-state index in [1.165, 1.54) is 6.07 Å². The summed E-state index contributed by atoms with van der Waals surface area (Å²) in [5.74, 6) is 1.29. The standard InChI is InChI=1S/C19H25N3O3/c1-11(2)16-7-6-12(3)8-17(16)25-13(4)19(24)20-10-15-9-18(23)22-14(5)21-15/h6-9,11,13H,10H2,1-5H3,(H,20,24)(H,21,22,23)/t13-/m0/s1. The van der Waals surface area contributed by atoms with Gasteiger partial charge in [0.1, 0.15) is 11.6 Å². The lowest BCUT2D eigenvalue weighted by molar-refractivity contribution is -0.127. The Morgan fingerprint density at radius 3 is 2.60 bits per heavy atom. The van der Waals surface area contributed by atoms with E-state index in [4.69, 9.17) is 4.74 Å². The number of hydrogen-bond donors (Lipinski definition) is 2. The summed E-state index contributed by atoms with van der Waals surface area (Å²) in [6.45, 7) is 9.75. The van der Waals surface area contributed by atoms with Crippen molar-refractivity contribution in [1.82, 2.24) is 15.3 Å². The molecule has 2 rings (SSSR count). The molecule has 0 fully saturated rings. The summed E-state index contributed by atoms with van der Waals surface area (Å²) in [6, 6.07) is 7.38. The predicted octanol–water partition coefficient (Wildman–Crippen LogP) is 2.59. The summed E-state index contributed by atoms with van der Waals surface area (Å²) in [5, 5.41) is 2.76. The number of carbonyl (C=O) groups is 1. The fraction of sp³-hybridized carbons (Fsp3) is 0.421. The van der Waals surface area contributed by atoms with Crippen LogP contribution >= 0.6 is 0 Å². The molecule has 0 aliphatic heterocycles. The zero-order valence-electron chi connectivity index (χ0n) is 15.3. The second-order valence-electron chi connectivity index (χ2n) is 6.50. The zero-order valence-corrected chi connectivity index (χ0v) is 15.3. The third kappa shape index (κ3) is 5.17. The van der Waals surface area contributed by atoms with Gasteiger partial charge >= 0.3 is 0 Å². The van der Waals surface area contributed by atoms with Crippen molar-refractivity contribution in [2.45, 2.75) is 53.2 Å². The molecule has 0 bridgehead atoms. The topological polar surface area (TPSA) is 84.1 Å². The number of carbonyl (C=O) groups excluding carboxylic acids is 1. The number of hydrogen-bond acceptors (Lipinski definition) is 4. The van der Waals surface area contributed by atoms with Crippen molar-refractivity contribution in [1.29, 1.82) is 0 Å². The Morgan fingerprint density at radius 1 is 1.24 bits per heavy atom. The van der Waals surface area contributed by atoms with Crippen molar-refractivity contribution in [3.8, 4) is 5.75 Å². The van der Waals surface area contributed by atoms with Gasteiger partial charge in [0.25, 0.3) is 11.5 Å². The lowest BCUT2D eigenvalue weighted by atomic mass is 10.0. The quantitative estimate of drug-likeness (QED) is 0.844. The van der Waals surface area contributed by atoms with Gasteiger partial charge in [-0.2, -0.15) is 0 Å². The van der Waals surface area contributed by atoms with Crippen molar-refractivity contribution in [2.24, 2.45) is 0 Å². The van der Waals surface area contributed by atoms with Crippen molar-refractivity contribution >= 4 is 5.91 Å². The molecule has 1 aromatic carbocycles. The minimum atomic E-state index is -0.651. The van der Waals surface area contributed by atoms with Crippen molar-refractivity contribution in [3.05, 3.63) is 57.3 Å². The average Bonchev–Trinajstić information content (AvgIpc) is 2.51. The smallest absolute Gasteiger partial charge is 0.261 e. The van der Waals surface area contributed by atoms with Crippen LogP contribution in [0.4, 0.5) is 0 Å². The SMILES string of the molecule is Cc1ccc(C(C)C)c(O[C@@H](C)C(=O)NCc2cc(=O)[nH]c(C)n2)c1. The van der Waals surface area contributed by atoms with Gasteiger partial charge < -0.3 is 15.0 Å². The number of H-pyrrole nitrogens is 1. The summed E-state index contributed by atoms with van der Waals surface area (Å²) >= 11 is 0. The first-order chi connectivity index (χ1) is 11.8. The molecular weight excluding hydrogens is 318 g/mol. The van der Waals surface area contributed by atoms with E-state index in [0.29, 0.717) is 17.4 Å². The highest BCUT2D eigenvalue weighted by atomic mass is 16.5. The molecule has 2 aromatic rings. The Labute approximate surface area is 147 Å². The Morgan fingerprint density at radius 2 is 1.96 bits per heavy atom. The maximum absolute atomic E-state index is 12.3. The van der Waals surface area contributed by atoms with Gasteiger partial charge in [-0.1, -0.05) is 26.0 Å². The van der Waals surface area contributed by atoms with Crippen LogP contribution in [-0.4, -0.2) is 22.0 Å². The van der Waals surface area contributed by atoms with Gasteiger partial charge in [0.15, 0.2) is 6.10 Å². The first-order valence-corrected chi connectivity index (χ1v) is 8.38. The Balaban J connectivity index is 2.03. The molecule has 1 amide bonds. The number of amides is 1. The highest BCUT2D eigenvalue weighted by Gasteiger charge is 2.17. The van der Waals surface area contributed by atoms with E-state index in [0.717, 1.165) is 16.9 Å². The fourth-order valence-corrected chi connectivity index (χ4v) is 2.52. The Hall–Kier alpha value is -2.63. The van der Waals surface area contributed by atoms with E-state index >= 15 is 0 Å². The van der Waals surface area contributed by atoms with Crippen LogP contribution in [0.15, 0.2) is 29.1 Å². The van der Waals surface area contributed by atoms with Gasteiger partial charge in [-0.15, -0.1) is 0 Å².